The second kappa shape index (κ2) is 5.03. The zero-order chi connectivity index (χ0) is 12.3. The van der Waals surface area contributed by atoms with Crippen LogP contribution in [0.5, 0.6) is 5.88 Å². The number of halogens is 3. The van der Waals surface area contributed by atoms with E-state index in [0.717, 1.165) is 0 Å². The summed E-state index contributed by atoms with van der Waals surface area (Å²) in [6, 6.07) is 1.47. The Morgan fingerprint density at radius 3 is 2.50 bits per heavy atom. The predicted molar refractivity (Wildman–Crippen MR) is 59.9 cm³/mol. The molecule has 0 radical (unpaired) electrons. The van der Waals surface area contributed by atoms with E-state index in [1.165, 1.54) is 6.07 Å². The molecule has 0 spiro atoms. The Morgan fingerprint density at radius 2 is 2.00 bits per heavy atom. The van der Waals surface area contributed by atoms with Crippen LogP contribution >= 0.6 is 15.9 Å². The molecule has 0 fully saturated rings. The number of nitrogens with zero attached hydrogens (tertiary/aromatic N) is 2. The van der Waals surface area contributed by atoms with Crippen LogP contribution in [-0.4, -0.2) is 23.0 Å². The lowest BCUT2D eigenvalue weighted by Crippen LogP contribution is -2.17. The summed E-state index contributed by atoms with van der Waals surface area (Å²) in [5.74, 6) is 0.707. The zero-order valence-corrected chi connectivity index (χ0v) is 10.9. The van der Waals surface area contributed by atoms with Crippen molar-refractivity contribution in [2.45, 2.75) is 32.6 Å². The van der Waals surface area contributed by atoms with Gasteiger partial charge in [0.25, 0.3) is 6.43 Å². The number of rotatable bonds is 3. The molecule has 0 aliphatic carbocycles. The highest BCUT2D eigenvalue weighted by atomic mass is 79.9. The second-order valence-electron chi connectivity index (χ2n) is 4.30. The van der Waals surface area contributed by atoms with E-state index in [1.54, 1.807) is 0 Å². The van der Waals surface area contributed by atoms with Crippen LogP contribution < -0.4 is 4.74 Å². The van der Waals surface area contributed by atoms with Crippen molar-refractivity contribution in [3.05, 3.63) is 16.5 Å². The molecule has 0 N–H and O–H groups in total. The lowest BCUT2D eigenvalue weighted by molar-refractivity contribution is 0.0792. The van der Waals surface area contributed by atoms with Crippen molar-refractivity contribution in [1.29, 1.82) is 0 Å². The first-order valence-corrected chi connectivity index (χ1v) is 5.54. The van der Waals surface area contributed by atoms with Gasteiger partial charge in [0.15, 0.2) is 6.61 Å². The van der Waals surface area contributed by atoms with E-state index in [-0.39, 0.29) is 11.3 Å². The summed E-state index contributed by atoms with van der Waals surface area (Å²) >= 11 is 3.19. The highest BCUT2D eigenvalue weighted by molar-refractivity contribution is 9.10. The van der Waals surface area contributed by atoms with Crippen LogP contribution in [0.1, 0.15) is 26.6 Å². The summed E-state index contributed by atoms with van der Waals surface area (Å²) < 4.78 is 29.3. The first-order chi connectivity index (χ1) is 7.29. The fraction of sp³-hybridized carbons (Fsp3) is 0.600. The van der Waals surface area contributed by atoms with Crippen molar-refractivity contribution in [3.63, 3.8) is 0 Å². The zero-order valence-electron chi connectivity index (χ0n) is 9.30. The highest BCUT2D eigenvalue weighted by Gasteiger charge is 2.19. The van der Waals surface area contributed by atoms with Gasteiger partial charge in [-0.2, -0.15) is 4.98 Å². The molecular weight excluding hydrogens is 282 g/mol. The smallest absolute Gasteiger partial charge is 0.272 e. The minimum atomic E-state index is -2.51. The van der Waals surface area contributed by atoms with Gasteiger partial charge >= 0.3 is 0 Å². The van der Waals surface area contributed by atoms with Crippen molar-refractivity contribution in [2.24, 2.45) is 0 Å². The average molecular weight is 295 g/mol. The lowest BCUT2D eigenvalue weighted by atomic mass is 9.96. The molecule has 1 heterocycles. The molecule has 0 saturated carbocycles. The molecular formula is C10H13BrF2N2O. The average Bonchev–Trinajstić information content (AvgIpc) is 2.12. The summed E-state index contributed by atoms with van der Waals surface area (Å²) in [7, 11) is 0. The number of alkyl halides is 2. The Morgan fingerprint density at radius 1 is 1.38 bits per heavy atom. The van der Waals surface area contributed by atoms with E-state index >= 15 is 0 Å². The Bertz CT molecular complexity index is 366. The van der Waals surface area contributed by atoms with Gasteiger partial charge in [-0.25, -0.2) is 13.8 Å². The van der Waals surface area contributed by atoms with Crippen molar-refractivity contribution in [1.82, 2.24) is 9.97 Å². The maximum atomic E-state index is 12.0. The Hall–Kier alpha value is -0.780. The van der Waals surface area contributed by atoms with E-state index in [9.17, 15) is 8.78 Å². The topological polar surface area (TPSA) is 35.0 Å². The van der Waals surface area contributed by atoms with Crippen molar-refractivity contribution < 1.29 is 13.5 Å². The van der Waals surface area contributed by atoms with Gasteiger partial charge in [-0.15, -0.1) is 0 Å². The van der Waals surface area contributed by atoms with Gasteiger partial charge in [-0.1, -0.05) is 20.8 Å². The first-order valence-electron chi connectivity index (χ1n) is 4.75. The minimum Gasteiger partial charge on any atom is -0.471 e. The fourth-order valence-electron chi connectivity index (χ4n) is 0.955. The van der Waals surface area contributed by atoms with E-state index in [0.29, 0.717) is 10.4 Å². The first kappa shape index (κ1) is 13.3. The van der Waals surface area contributed by atoms with Crippen LogP contribution in [0.15, 0.2) is 10.7 Å². The molecule has 0 saturated heterocycles. The number of aromatic nitrogens is 2. The number of ether oxygens (including phenoxy) is 1. The van der Waals surface area contributed by atoms with E-state index in [1.807, 2.05) is 20.8 Å². The van der Waals surface area contributed by atoms with Gasteiger partial charge in [0.1, 0.15) is 10.4 Å². The molecule has 1 rings (SSSR count). The summed E-state index contributed by atoms with van der Waals surface area (Å²) in [6.45, 7) is 5.15. The van der Waals surface area contributed by atoms with Gasteiger partial charge in [-0.05, 0) is 15.9 Å². The lowest BCUT2D eigenvalue weighted by Gasteiger charge is -2.17. The minimum absolute atomic E-state index is 0.159. The van der Waals surface area contributed by atoms with Crippen molar-refractivity contribution in [2.75, 3.05) is 6.61 Å². The van der Waals surface area contributed by atoms with Crippen molar-refractivity contribution >= 4 is 15.9 Å². The maximum absolute atomic E-state index is 12.0. The summed E-state index contributed by atoms with van der Waals surface area (Å²) in [4.78, 5) is 8.25. The largest absolute Gasteiger partial charge is 0.471 e. The quantitative estimate of drug-likeness (QED) is 0.803. The Labute approximate surface area is 101 Å². The predicted octanol–water partition coefficient (Wildman–Crippen LogP) is 3.18. The third kappa shape index (κ3) is 4.00. The van der Waals surface area contributed by atoms with E-state index in [2.05, 4.69) is 25.9 Å². The Balaban J connectivity index is 2.90. The number of hydrogen-bond acceptors (Lipinski definition) is 3. The summed E-state index contributed by atoms with van der Waals surface area (Å²) in [6.07, 6.45) is -2.51. The molecule has 0 bridgehead atoms. The molecule has 90 valence electrons. The summed E-state index contributed by atoms with van der Waals surface area (Å²) in [5.41, 5.74) is -0.257. The molecule has 0 aromatic carbocycles. The summed E-state index contributed by atoms with van der Waals surface area (Å²) in [5, 5.41) is 0. The highest BCUT2D eigenvalue weighted by Crippen LogP contribution is 2.23. The van der Waals surface area contributed by atoms with Crippen LogP contribution in [0.3, 0.4) is 0 Å². The molecule has 0 amide bonds. The molecule has 16 heavy (non-hydrogen) atoms. The third-order valence-corrected chi connectivity index (χ3v) is 2.11. The fourth-order valence-corrected chi connectivity index (χ4v) is 1.32. The maximum Gasteiger partial charge on any atom is 0.272 e. The van der Waals surface area contributed by atoms with Crippen LogP contribution in [0, 0.1) is 0 Å². The third-order valence-electron chi connectivity index (χ3n) is 1.70. The normalized spacial score (nSPS) is 11.9. The molecule has 0 aliphatic rings. The monoisotopic (exact) mass is 294 g/mol. The standard InChI is InChI=1S/C10H13BrF2N2O/c1-10(2,3)9-14-6(11)4-8(15-9)16-5-7(12)13/h4,7H,5H2,1-3H3. The van der Waals surface area contributed by atoms with Crippen LogP contribution in [0.2, 0.25) is 0 Å². The van der Waals surface area contributed by atoms with Crippen LogP contribution in [0.25, 0.3) is 0 Å². The van der Waals surface area contributed by atoms with Gasteiger partial charge < -0.3 is 4.74 Å². The van der Waals surface area contributed by atoms with Crippen LogP contribution in [-0.2, 0) is 5.41 Å². The molecule has 6 heteroatoms. The van der Waals surface area contributed by atoms with Gasteiger partial charge in [-0.3, -0.25) is 0 Å². The van der Waals surface area contributed by atoms with E-state index in [4.69, 9.17) is 4.74 Å². The van der Waals surface area contributed by atoms with E-state index < -0.39 is 13.0 Å². The van der Waals surface area contributed by atoms with Crippen LogP contribution in [0.4, 0.5) is 8.78 Å². The Kier molecular flexibility index (Phi) is 4.18. The van der Waals surface area contributed by atoms with Gasteiger partial charge in [0.2, 0.25) is 5.88 Å². The molecule has 3 nitrogen and oxygen atoms in total. The van der Waals surface area contributed by atoms with Gasteiger partial charge in [0.05, 0.1) is 0 Å². The molecule has 0 atom stereocenters. The molecule has 1 aromatic rings. The molecule has 0 aliphatic heterocycles. The van der Waals surface area contributed by atoms with Crippen molar-refractivity contribution in [3.8, 4) is 5.88 Å². The SMILES string of the molecule is CC(C)(C)c1nc(Br)cc(OCC(F)F)n1. The second-order valence-corrected chi connectivity index (χ2v) is 5.12. The molecule has 1 aromatic heterocycles. The van der Waals surface area contributed by atoms with Gasteiger partial charge in [0, 0.05) is 11.5 Å². The molecule has 0 unspecified atom stereocenters. The number of hydrogen-bond donors (Lipinski definition) is 0.